The Morgan fingerprint density at radius 1 is 1.15 bits per heavy atom. The van der Waals surface area contributed by atoms with Gasteiger partial charge in [-0.25, -0.2) is 4.52 Å². The number of aryl methyl sites for hydroxylation is 1. The Balaban J connectivity index is 1.30. The summed E-state index contributed by atoms with van der Waals surface area (Å²) in [6, 6.07) is 6.79. The Morgan fingerprint density at radius 2 is 2.00 bits per heavy atom. The number of nitrogens with zero attached hydrogens (tertiary/aromatic N) is 6. The zero-order valence-corrected chi connectivity index (χ0v) is 21.3. The van der Waals surface area contributed by atoms with Crippen LogP contribution in [-0.2, 0) is 4.79 Å². The van der Waals surface area contributed by atoms with Crippen LogP contribution in [0.3, 0.4) is 0 Å². The average Bonchev–Trinajstić information content (AvgIpc) is 3.51. The third-order valence-corrected chi connectivity index (χ3v) is 6.56. The maximum Gasteiger partial charge on any atom is 0.387 e. The van der Waals surface area contributed by atoms with E-state index in [1.54, 1.807) is 37.5 Å². The van der Waals surface area contributed by atoms with E-state index in [1.807, 2.05) is 0 Å². The second-order valence-corrected chi connectivity index (χ2v) is 9.29. The lowest BCUT2D eigenvalue weighted by Crippen LogP contribution is -2.35. The van der Waals surface area contributed by atoms with Crippen LogP contribution in [0.15, 0.2) is 49.1 Å². The molecule has 4 aromatic rings. The predicted molar refractivity (Wildman–Crippen MR) is 139 cm³/mol. The fourth-order valence-corrected chi connectivity index (χ4v) is 4.49. The maximum atomic E-state index is 13.1. The van der Waals surface area contributed by atoms with Crippen LogP contribution < -0.4 is 15.4 Å². The van der Waals surface area contributed by atoms with Crippen LogP contribution in [-0.4, -0.2) is 67.3 Å². The van der Waals surface area contributed by atoms with Crippen molar-refractivity contribution in [2.75, 3.05) is 23.7 Å². The lowest BCUT2D eigenvalue weighted by Gasteiger charge is -2.20. The third-order valence-electron chi connectivity index (χ3n) is 6.56. The minimum absolute atomic E-state index is 0.0748. The molecule has 2 amide bonds. The number of hydrogen-bond donors (Lipinski definition) is 2. The lowest BCUT2D eigenvalue weighted by atomic mass is 10.1. The van der Waals surface area contributed by atoms with Gasteiger partial charge in [-0.05, 0) is 51.4 Å². The minimum atomic E-state index is -2.96. The van der Waals surface area contributed by atoms with Gasteiger partial charge in [0.05, 0.1) is 41.5 Å². The number of fused-ring (bicyclic) bond motifs is 1. The smallest absolute Gasteiger partial charge is 0.387 e. The number of anilines is 2. The maximum absolute atomic E-state index is 13.1. The summed E-state index contributed by atoms with van der Waals surface area (Å²) in [5, 5.41) is 13.7. The van der Waals surface area contributed by atoms with Gasteiger partial charge < -0.3 is 15.4 Å². The predicted octanol–water partition coefficient (Wildman–Crippen LogP) is 3.77. The number of rotatable bonds is 8. The highest BCUT2D eigenvalue weighted by atomic mass is 19.3. The van der Waals surface area contributed by atoms with Gasteiger partial charge in [0.2, 0.25) is 5.91 Å². The number of ether oxygens (including phenoxy) is 1. The number of aromatic nitrogens is 5. The van der Waals surface area contributed by atoms with Gasteiger partial charge in [-0.2, -0.15) is 8.78 Å². The largest absolute Gasteiger partial charge is 0.433 e. The normalized spacial score (nSPS) is 15.6. The monoisotopic (exact) mass is 536 g/mol. The summed E-state index contributed by atoms with van der Waals surface area (Å²) in [7, 11) is 0. The number of carbonyl (C=O) groups is 2. The molecule has 0 saturated carbocycles. The Hall–Kier alpha value is -4.52. The average molecular weight is 537 g/mol. The number of carbonyl (C=O) groups excluding carboxylic acids is 2. The van der Waals surface area contributed by atoms with Crippen LogP contribution in [0.1, 0.15) is 35.9 Å². The van der Waals surface area contributed by atoms with Gasteiger partial charge in [0.25, 0.3) is 5.91 Å². The number of alkyl halides is 2. The number of hydrogen-bond acceptors (Lipinski definition) is 8. The van der Waals surface area contributed by atoms with Crippen LogP contribution in [0.5, 0.6) is 5.75 Å². The summed E-state index contributed by atoms with van der Waals surface area (Å²) < 4.78 is 30.9. The van der Waals surface area contributed by atoms with E-state index >= 15 is 0 Å². The molecule has 1 aliphatic rings. The van der Waals surface area contributed by atoms with Gasteiger partial charge in [0.1, 0.15) is 5.75 Å². The van der Waals surface area contributed by atoms with E-state index in [0.717, 1.165) is 19.4 Å². The standard InChI is InChI=1S/C26H26F2N8O3/c1-15-4-3-7-35(15)14-23(37)31-19-9-21(16(2)30-11-19)32-25(38)24-22-6-5-17(13-36(22)34-33-24)18-8-20(12-29-10-18)39-26(27)28/h5-6,8-13,15,26H,3-4,7,14H2,1-2H3,(H,31,37)(H,32,38)/t15-/m0/s1. The van der Waals surface area contributed by atoms with Crippen LogP contribution in [0.2, 0.25) is 0 Å². The molecule has 1 atom stereocenters. The molecular formula is C26H26F2N8O3. The zero-order valence-electron chi connectivity index (χ0n) is 21.3. The van der Waals surface area contributed by atoms with Crippen molar-refractivity contribution in [1.29, 1.82) is 0 Å². The van der Waals surface area contributed by atoms with Crippen molar-refractivity contribution in [2.45, 2.75) is 39.3 Å². The van der Waals surface area contributed by atoms with Crippen LogP contribution in [0.4, 0.5) is 20.2 Å². The van der Waals surface area contributed by atoms with Gasteiger partial charge in [-0.3, -0.25) is 24.5 Å². The third kappa shape index (κ3) is 5.98. The van der Waals surface area contributed by atoms with Gasteiger partial charge in [0.15, 0.2) is 5.69 Å². The second-order valence-electron chi connectivity index (χ2n) is 9.29. The fourth-order valence-electron chi connectivity index (χ4n) is 4.49. The van der Waals surface area contributed by atoms with Gasteiger partial charge >= 0.3 is 6.61 Å². The van der Waals surface area contributed by atoms with E-state index < -0.39 is 12.5 Å². The van der Waals surface area contributed by atoms with Crippen molar-refractivity contribution in [3.05, 3.63) is 60.4 Å². The van der Waals surface area contributed by atoms with Crippen LogP contribution >= 0.6 is 0 Å². The van der Waals surface area contributed by atoms with Crippen LogP contribution in [0.25, 0.3) is 16.6 Å². The van der Waals surface area contributed by atoms with Crippen LogP contribution in [0, 0.1) is 6.92 Å². The lowest BCUT2D eigenvalue weighted by molar-refractivity contribution is -0.117. The molecule has 5 heterocycles. The molecule has 202 valence electrons. The Bertz CT molecular complexity index is 1530. The summed E-state index contributed by atoms with van der Waals surface area (Å²) in [4.78, 5) is 36.0. The molecule has 0 unspecified atom stereocenters. The molecule has 0 aliphatic carbocycles. The highest BCUT2D eigenvalue weighted by Gasteiger charge is 2.23. The van der Waals surface area contributed by atoms with Crippen molar-refractivity contribution in [3.8, 4) is 16.9 Å². The van der Waals surface area contributed by atoms with E-state index in [0.29, 0.717) is 46.3 Å². The summed E-state index contributed by atoms with van der Waals surface area (Å²) in [5.74, 6) is -0.728. The molecule has 4 aromatic heterocycles. The first-order valence-corrected chi connectivity index (χ1v) is 12.3. The molecule has 0 radical (unpaired) electrons. The summed E-state index contributed by atoms with van der Waals surface area (Å²) >= 11 is 0. The number of pyridine rings is 3. The van der Waals surface area contributed by atoms with E-state index in [-0.39, 0.29) is 17.4 Å². The molecule has 0 bridgehead atoms. The van der Waals surface area contributed by atoms with E-state index in [2.05, 4.69) is 47.5 Å². The molecule has 1 aliphatic heterocycles. The SMILES string of the molecule is Cc1ncc(NC(=O)CN2CCC[C@@H]2C)cc1NC(=O)c1nnn2cc(-c3cncc(OC(F)F)c3)ccc12. The molecular weight excluding hydrogens is 510 g/mol. The Morgan fingerprint density at radius 3 is 2.77 bits per heavy atom. The van der Waals surface area contributed by atoms with E-state index in [4.69, 9.17) is 0 Å². The number of likely N-dealkylation sites (tertiary alicyclic amines) is 1. The van der Waals surface area contributed by atoms with Crippen molar-refractivity contribution >= 4 is 28.7 Å². The van der Waals surface area contributed by atoms with Gasteiger partial charge in [-0.15, -0.1) is 5.10 Å². The molecule has 1 saturated heterocycles. The first-order valence-electron chi connectivity index (χ1n) is 12.3. The molecule has 39 heavy (non-hydrogen) atoms. The summed E-state index contributed by atoms with van der Waals surface area (Å²) in [6.45, 7) is 2.08. The molecule has 0 aromatic carbocycles. The Kier molecular flexibility index (Phi) is 7.41. The molecule has 11 nitrogen and oxygen atoms in total. The fraction of sp³-hybridized carbons (Fsp3) is 0.308. The highest BCUT2D eigenvalue weighted by molar-refractivity contribution is 6.08. The van der Waals surface area contributed by atoms with E-state index in [1.165, 1.54) is 23.0 Å². The topological polar surface area (TPSA) is 127 Å². The zero-order chi connectivity index (χ0) is 27.5. The van der Waals surface area contributed by atoms with E-state index in [9.17, 15) is 18.4 Å². The Labute approximate surface area is 222 Å². The summed E-state index contributed by atoms with van der Waals surface area (Å²) in [6.07, 6.45) is 7.99. The van der Waals surface area contributed by atoms with Crippen molar-refractivity contribution in [3.63, 3.8) is 0 Å². The first kappa shape index (κ1) is 26.1. The van der Waals surface area contributed by atoms with Crippen molar-refractivity contribution in [2.24, 2.45) is 0 Å². The van der Waals surface area contributed by atoms with Gasteiger partial charge in [-0.1, -0.05) is 11.3 Å². The quantitative estimate of drug-likeness (QED) is 0.349. The number of nitrogens with one attached hydrogen (secondary N) is 2. The molecule has 5 rings (SSSR count). The first-order chi connectivity index (χ1) is 18.8. The number of halogens is 2. The summed E-state index contributed by atoms with van der Waals surface area (Å²) in [5.41, 5.74) is 3.09. The second kappa shape index (κ2) is 11.1. The minimum Gasteiger partial charge on any atom is -0.433 e. The molecule has 1 fully saturated rings. The molecule has 13 heteroatoms. The van der Waals surface area contributed by atoms with Gasteiger partial charge in [0, 0.05) is 29.6 Å². The molecule has 2 N–H and O–H groups in total. The van der Waals surface area contributed by atoms with Crippen molar-refractivity contribution < 1.29 is 23.1 Å². The highest BCUT2D eigenvalue weighted by Crippen LogP contribution is 2.25. The number of amides is 2. The van der Waals surface area contributed by atoms with Crippen molar-refractivity contribution in [1.82, 2.24) is 29.7 Å². The molecule has 0 spiro atoms.